The monoisotopic (exact) mass is 622 g/mol. The summed E-state index contributed by atoms with van der Waals surface area (Å²) in [5.41, 5.74) is 2.76. The average Bonchev–Trinajstić information content (AvgIpc) is 3.14. The Kier molecular flexibility index (Phi) is 10.2. The van der Waals surface area contributed by atoms with Crippen molar-refractivity contribution in [2.24, 2.45) is 4.99 Å². The fourth-order valence-corrected chi connectivity index (χ4v) is 5.30. The van der Waals surface area contributed by atoms with E-state index in [0.29, 0.717) is 34.8 Å². The smallest absolute Gasteiger partial charge is 0.344 e. The summed E-state index contributed by atoms with van der Waals surface area (Å²) < 4.78 is 17.2. The van der Waals surface area contributed by atoms with Crippen molar-refractivity contribution in [3.8, 4) is 11.5 Å². The Labute approximate surface area is 230 Å². The van der Waals surface area contributed by atoms with Gasteiger partial charge in [-0.15, -0.1) is 0 Å². The molecular weight excluding hydrogens is 591 g/mol. The molecule has 1 aliphatic heterocycles. The molecule has 36 heavy (non-hydrogen) atoms. The molecule has 0 saturated carbocycles. The van der Waals surface area contributed by atoms with E-state index in [1.165, 1.54) is 11.8 Å². The topological polar surface area (TPSA) is 77.4 Å². The lowest BCUT2D eigenvalue weighted by molar-refractivity contribution is -0.145. The second kappa shape index (κ2) is 13.1. The van der Waals surface area contributed by atoms with Crippen molar-refractivity contribution in [1.29, 1.82) is 0 Å². The molecule has 0 radical (unpaired) electrons. The Morgan fingerprint density at radius 2 is 1.86 bits per heavy atom. The van der Waals surface area contributed by atoms with Crippen molar-refractivity contribution in [2.45, 2.75) is 47.1 Å². The summed E-state index contributed by atoms with van der Waals surface area (Å²) in [6.07, 6.45) is 2.66. The maximum atomic E-state index is 13.4. The van der Waals surface area contributed by atoms with Crippen molar-refractivity contribution in [3.05, 3.63) is 56.0 Å². The van der Waals surface area contributed by atoms with Gasteiger partial charge in [0.1, 0.15) is 0 Å². The fourth-order valence-electron chi connectivity index (χ4n) is 3.43. The minimum Gasteiger partial charge on any atom is -0.490 e. The van der Waals surface area contributed by atoms with Crippen molar-refractivity contribution in [1.82, 2.24) is 4.90 Å². The Balaban J connectivity index is 1.94. The van der Waals surface area contributed by atoms with E-state index in [9.17, 15) is 9.59 Å². The van der Waals surface area contributed by atoms with Gasteiger partial charge in [-0.3, -0.25) is 9.69 Å². The van der Waals surface area contributed by atoms with Crippen LogP contribution in [0.5, 0.6) is 11.5 Å². The summed E-state index contributed by atoms with van der Waals surface area (Å²) in [4.78, 5) is 32.3. The molecule has 9 heteroatoms. The molecule has 0 aliphatic carbocycles. The van der Waals surface area contributed by atoms with Crippen LogP contribution in [-0.2, 0) is 14.3 Å². The number of ether oxygens (including phenoxy) is 3. The molecule has 3 rings (SSSR count). The third-order valence-electron chi connectivity index (χ3n) is 5.40. The van der Waals surface area contributed by atoms with Gasteiger partial charge < -0.3 is 14.2 Å². The average molecular weight is 623 g/mol. The van der Waals surface area contributed by atoms with Crippen LogP contribution in [0.1, 0.15) is 45.2 Å². The van der Waals surface area contributed by atoms with E-state index in [4.69, 9.17) is 19.2 Å². The third kappa shape index (κ3) is 7.03. The van der Waals surface area contributed by atoms with E-state index in [0.717, 1.165) is 26.8 Å². The zero-order valence-corrected chi connectivity index (χ0v) is 24.1. The van der Waals surface area contributed by atoms with Crippen LogP contribution in [0.4, 0.5) is 5.69 Å². The van der Waals surface area contributed by atoms with Crippen molar-refractivity contribution >= 4 is 63.2 Å². The molecule has 1 aliphatic rings. The molecule has 0 unspecified atom stereocenters. The number of carbonyl (C=O) groups is 2. The van der Waals surface area contributed by atoms with E-state index >= 15 is 0 Å². The van der Waals surface area contributed by atoms with Crippen LogP contribution in [0.2, 0.25) is 0 Å². The summed E-state index contributed by atoms with van der Waals surface area (Å²) in [5, 5.41) is 0.665. The number of esters is 1. The number of amides is 1. The Morgan fingerprint density at radius 3 is 2.50 bits per heavy atom. The summed E-state index contributed by atoms with van der Waals surface area (Å²) in [5.74, 6) is 0.459. The van der Waals surface area contributed by atoms with Crippen molar-refractivity contribution in [2.75, 3.05) is 19.8 Å². The van der Waals surface area contributed by atoms with Gasteiger partial charge in [-0.1, -0.05) is 24.6 Å². The van der Waals surface area contributed by atoms with Crippen molar-refractivity contribution in [3.63, 3.8) is 0 Å². The highest BCUT2D eigenvalue weighted by Gasteiger charge is 2.36. The van der Waals surface area contributed by atoms with Crippen LogP contribution in [0, 0.1) is 10.5 Å². The minimum absolute atomic E-state index is 0.0119. The number of amidine groups is 1. The third-order valence-corrected chi connectivity index (χ3v) is 7.18. The van der Waals surface area contributed by atoms with Gasteiger partial charge in [-0.2, -0.15) is 0 Å². The van der Waals surface area contributed by atoms with Gasteiger partial charge in [0.15, 0.2) is 23.3 Å². The highest BCUT2D eigenvalue weighted by Crippen LogP contribution is 2.39. The lowest BCUT2D eigenvalue weighted by atomic mass is 10.1. The minimum atomic E-state index is -0.444. The first-order valence-corrected chi connectivity index (χ1v) is 13.8. The molecule has 1 atom stereocenters. The second-order valence-electron chi connectivity index (χ2n) is 8.13. The molecule has 0 N–H and O–H groups in total. The highest BCUT2D eigenvalue weighted by molar-refractivity contribution is 14.1. The van der Waals surface area contributed by atoms with Crippen LogP contribution in [0.3, 0.4) is 0 Å². The van der Waals surface area contributed by atoms with Crippen LogP contribution in [0.15, 0.2) is 46.3 Å². The number of aliphatic imine (C=N–C) groups is 1. The molecule has 2 aromatic carbocycles. The van der Waals surface area contributed by atoms with E-state index in [-0.39, 0.29) is 18.6 Å². The van der Waals surface area contributed by atoms with E-state index < -0.39 is 5.97 Å². The van der Waals surface area contributed by atoms with E-state index in [1.807, 2.05) is 63.2 Å². The highest BCUT2D eigenvalue weighted by atomic mass is 127. The van der Waals surface area contributed by atoms with E-state index in [1.54, 1.807) is 11.8 Å². The lowest BCUT2D eigenvalue weighted by Gasteiger charge is -2.22. The summed E-state index contributed by atoms with van der Waals surface area (Å²) in [6, 6.07) is 11.6. The molecule has 192 valence electrons. The summed E-state index contributed by atoms with van der Waals surface area (Å²) in [7, 11) is 0. The molecule has 2 aromatic rings. The van der Waals surface area contributed by atoms with E-state index in [2.05, 4.69) is 29.5 Å². The number of nitrogens with zero attached hydrogens (tertiary/aromatic N) is 2. The summed E-state index contributed by atoms with van der Waals surface area (Å²) >= 11 is 3.51. The van der Waals surface area contributed by atoms with Gasteiger partial charge in [0.05, 0.1) is 27.4 Å². The number of benzene rings is 2. The zero-order valence-electron chi connectivity index (χ0n) is 21.2. The standard InChI is InChI=1S/C27H31IN2O5S/c1-6-18(5)30-26(32)23(36-27(30)29-20-11-9-17(4)10-12-20)15-19-13-21(28)25(22(14-19)33-7-2)35-16-24(31)34-8-3/h9-15,18H,6-8,16H2,1-5H3/b23-15+,29-27?/t18-/m1/s1. The Hall–Kier alpha value is -2.53. The first kappa shape index (κ1) is 28.0. The Morgan fingerprint density at radius 1 is 1.14 bits per heavy atom. The predicted octanol–water partition coefficient (Wildman–Crippen LogP) is 6.34. The summed E-state index contributed by atoms with van der Waals surface area (Å²) in [6.45, 7) is 10.2. The largest absolute Gasteiger partial charge is 0.490 e. The molecule has 0 bridgehead atoms. The van der Waals surface area contributed by atoms with Crippen LogP contribution >= 0.6 is 34.4 Å². The number of rotatable bonds is 10. The number of thioether (sulfide) groups is 1. The predicted molar refractivity (Wildman–Crippen MR) is 153 cm³/mol. The molecule has 1 fully saturated rings. The molecule has 1 amide bonds. The first-order chi connectivity index (χ1) is 17.3. The van der Waals surface area contributed by atoms with Crippen LogP contribution in [0.25, 0.3) is 6.08 Å². The Bertz CT molecular complexity index is 1160. The van der Waals surface area contributed by atoms with Gasteiger partial charge in [-0.25, -0.2) is 9.79 Å². The molecule has 1 heterocycles. The molecule has 0 aromatic heterocycles. The van der Waals surface area contributed by atoms with Gasteiger partial charge in [-0.05, 0) is 104 Å². The van der Waals surface area contributed by atoms with Gasteiger partial charge in [0, 0.05) is 6.04 Å². The normalized spacial score (nSPS) is 16.5. The number of halogens is 1. The van der Waals surface area contributed by atoms with Gasteiger partial charge in [0.25, 0.3) is 5.91 Å². The number of carbonyl (C=O) groups excluding carboxylic acids is 2. The zero-order chi connectivity index (χ0) is 26.2. The maximum absolute atomic E-state index is 13.4. The van der Waals surface area contributed by atoms with Crippen molar-refractivity contribution < 1.29 is 23.8 Å². The number of aryl methyl sites for hydroxylation is 1. The first-order valence-electron chi connectivity index (χ1n) is 11.9. The van der Waals surface area contributed by atoms with Gasteiger partial charge in [0.2, 0.25) is 0 Å². The SMILES string of the molecule is CCOC(=O)COc1c(I)cc(/C=C2/SC(=Nc3ccc(C)cc3)N([C@H](C)CC)C2=O)cc1OCC. The number of hydrogen-bond acceptors (Lipinski definition) is 7. The molecule has 0 spiro atoms. The molecular formula is C27H31IN2O5S. The quantitative estimate of drug-likeness (QED) is 0.175. The van der Waals surface area contributed by atoms with Crippen LogP contribution < -0.4 is 9.47 Å². The lowest BCUT2D eigenvalue weighted by Crippen LogP contribution is -2.36. The van der Waals surface area contributed by atoms with Gasteiger partial charge >= 0.3 is 5.97 Å². The fraction of sp³-hybridized carbons (Fsp3) is 0.370. The molecule has 1 saturated heterocycles. The molecule has 7 nitrogen and oxygen atoms in total. The number of hydrogen-bond donors (Lipinski definition) is 0. The second-order valence-corrected chi connectivity index (χ2v) is 10.3. The van der Waals surface area contributed by atoms with Crippen LogP contribution in [-0.4, -0.2) is 47.8 Å². The maximum Gasteiger partial charge on any atom is 0.344 e.